The van der Waals surface area contributed by atoms with Gasteiger partial charge in [-0.05, 0) is 28.1 Å². The van der Waals surface area contributed by atoms with Crippen LogP contribution in [0.5, 0.6) is 0 Å². The normalized spacial score (nSPS) is 13.4. The van der Waals surface area contributed by atoms with E-state index in [0.29, 0.717) is 4.47 Å². The lowest BCUT2D eigenvalue weighted by Gasteiger charge is -2.16. The molecule has 0 aliphatic heterocycles. The number of nitrogens with two attached hydrogens (primary N) is 1. The first-order valence-electron chi connectivity index (χ1n) is 4.50. The van der Waals surface area contributed by atoms with Crippen LogP contribution in [0.15, 0.2) is 22.8 Å². The van der Waals surface area contributed by atoms with Crippen LogP contribution in [-0.2, 0) is 4.79 Å². The second-order valence-electron chi connectivity index (χ2n) is 3.23. The lowest BCUT2D eigenvalue weighted by Crippen LogP contribution is -2.39. The topological polar surface area (TPSA) is 68.0 Å². The highest BCUT2D eigenvalue weighted by atomic mass is 79.9. The van der Waals surface area contributed by atoms with E-state index in [2.05, 4.69) is 20.9 Å². The van der Waals surface area contributed by atoms with Crippen LogP contribution in [-0.4, -0.2) is 23.6 Å². The van der Waals surface area contributed by atoms with Crippen molar-refractivity contribution in [2.75, 3.05) is 6.54 Å². The average molecular weight is 312 g/mol. The Hall–Kier alpha value is -1.15. The molecule has 0 fully saturated rings. The van der Waals surface area contributed by atoms with Crippen molar-refractivity contribution in [3.05, 3.63) is 28.5 Å². The fraction of sp³-hybridized carbons (Fsp3) is 0.333. The number of hydrogen-bond donors (Lipinski definition) is 2. The zero-order chi connectivity index (χ0) is 13.1. The summed E-state index contributed by atoms with van der Waals surface area (Å²) in [6.45, 7) is -1.31. The van der Waals surface area contributed by atoms with Crippen molar-refractivity contribution in [1.82, 2.24) is 10.3 Å². The van der Waals surface area contributed by atoms with Crippen molar-refractivity contribution < 1.29 is 18.0 Å². The highest BCUT2D eigenvalue weighted by Crippen LogP contribution is 2.17. The van der Waals surface area contributed by atoms with E-state index in [-0.39, 0.29) is 5.69 Å². The molecule has 0 aliphatic carbocycles. The molecular formula is C9H9BrF3N3O. The Bertz CT molecular complexity index is 393. The summed E-state index contributed by atoms with van der Waals surface area (Å²) in [4.78, 5) is 14.9. The minimum Gasteiger partial charge on any atom is -0.368 e. The number of nitrogens with zero attached hydrogens (tertiary/aromatic N) is 1. The standard InChI is InChI=1S/C9H9BrF3N3O/c10-5-1-2-6(15-3-5)7(8(14)17)16-4-9(11,12)13/h1-3,7,16H,4H2,(H2,14,17). The average Bonchev–Trinajstić information content (AvgIpc) is 2.18. The number of carbonyl (C=O) groups excluding carboxylic acids is 1. The number of primary amides is 1. The molecule has 1 unspecified atom stereocenters. The van der Waals surface area contributed by atoms with Gasteiger partial charge in [0.15, 0.2) is 0 Å². The molecule has 0 saturated heterocycles. The third-order valence-corrected chi connectivity index (χ3v) is 2.31. The molecule has 0 aromatic carbocycles. The van der Waals surface area contributed by atoms with Gasteiger partial charge in [0, 0.05) is 10.7 Å². The van der Waals surface area contributed by atoms with Gasteiger partial charge in [-0.25, -0.2) is 0 Å². The largest absolute Gasteiger partial charge is 0.401 e. The van der Waals surface area contributed by atoms with Gasteiger partial charge in [-0.1, -0.05) is 0 Å². The molecule has 4 nitrogen and oxygen atoms in total. The predicted octanol–water partition coefficient (Wildman–Crippen LogP) is 1.52. The summed E-state index contributed by atoms with van der Waals surface area (Å²) in [5.41, 5.74) is 5.16. The van der Waals surface area contributed by atoms with E-state index < -0.39 is 24.7 Å². The van der Waals surface area contributed by atoms with E-state index in [1.165, 1.54) is 12.3 Å². The Morgan fingerprint density at radius 1 is 1.53 bits per heavy atom. The van der Waals surface area contributed by atoms with Crippen LogP contribution in [0.25, 0.3) is 0 Å². The summed E-state index contributed by atoms with van der Waals surface area (Å²) in [5, 5.41) is 2.02. The first kappa shape index (κ1) is 13.9. The molecule has 3 N–H and O–H groups in total. The molecule has 1 aromatic heterocycles. The summed E-state index contributed by atoms with van der Waals surface area (Å²) in [7, 11) is 0. The van der Waals surface area contributed by atoms with Crippen molar-refractivity contribution in [3.8, 4) is 0 Å². The Kier molecular flexibility index (Phi) is 4.47. The third kappa shape index (κ3) is 4.70. The number of alkyl halides is 3. The Morgan fingerprint density at radius 3 is 2.59 bits per heavy atom. The number of rotatable bonds is 4. The molecule has 0 radical (unpaired) electrons. The molecule has 1 amide bonds. The molecule has 0 aliphatic rings. The van der Waals surface area contributed by atoms with Gasteiger partial charge in [0.05, 0.1) is 12.2 Å². The smallest absolute Gasteiger partial charge is 0.368 e. The van der Waals surface area contributed by atoms with Gasteiger partial charge in [-0.3, -0.25) is 15.1 Å². The lowest BCUT2D eigenvalue weighted by molar-refractivity contribution is -0.131. The van der Waals surface area contributed by atoms with Crippen LogP contribution in [0.3, 0.4) is 0 Å². The van der Waals surface area contributed by atoms with Crippen molar-refractivity contribution in [3.63, 3.8) is 0 Å². The van der Waals surface area contributed by atoms with Gasteiger partial charge in [0.2, 0.25) is 5.91 Å². The molecule has 94 valence electrons. The molecule has 0 bridgehead atoms. The summed E-state index contributed by atoms with van der Waals surface area (Å²) in [5.74, 6) is -0.913. The minimum absolute atomic E-state index is 0.143. The number of halogens is 4. The van der Waals surface area contributed by atoms with Gasteiger partial charge in [-0.2, -0.15) is 13.2 Å². The molecule has 8 heteroatoms. The third-order valence-electron chi connectivity index (χ3n) is 1.84. The van der Waals surface area contributed by atoms with Gasteiger partial charge < -0.3 is 5.73 Å². The maximum atomic E-state index is 12.0. The summed E-state index contributed by atoms with van der Waals surface area (Å²) in [6.07, 6.45) is -3.04. The highest BCUT2D eigenvalue weighted by Gasteiger charge is 2.30. The monoisotopic (exact) mass is 311 g/mol. The van der Waals surface area contributed by atoms with Crippen molar-refractivity contribution in [1.29, 1.82) is 0 Å². The number of carbonyl (C=O) groups is 1. The van der Waals surface area contributed by atoms with E-state index in [1.54, 1.807) is 6.07 Å². The maximum absolute atomic E-state index is 12.0. The van der Waals surface area contributed by atoms with Crippen LogP contribution in [0, 0.1) is 0 Å². The maximum Gasteiger partial charge on any atom is 0.401 e. The zero-order valence-electron chi connectivity index (χ0n) is 8.46. The molecule has 0 spiro atoms. The fourth-order valence-electron chi connectivity index (χ4n) is 1.13. The predicted molar refractivity (Wildman–Crippen MR) is 57.9 cm³/mol. The number of hydrogen-bond acceptors (Lipinski definition) is 3. The number of pyridine rings is 1. The molecule has 0 saturated carbocycles. The Morgan fingerprint density at radius 2 is 2.18 bits per heavy atom. The number of amides is 1. The molecule has 17 heavy (non-hydrogen) atoms. The van der Waals surface area contributed by atoms with Crippen LogP contribution in [0.4, 0.5) is 13.2 Å². The molecule has 1 aromatic rings. The quantitative estimate of drug-likeness (QED) is 0.886. The highest BCUT2D eigenvalue weighted by molar-refractivity contribution is 9.10. The van der Waals surface area contributed by atoms with Gasteiger partial charge in [-0.15, -0.1) is 0 Å². The fourth-order valence-corrected chi connectivity index (χ4v) is 1.36. The molecule has 1 atom stereocenters. The van der Waals surface area contributed by atoms with Crippen LogP contribution in [0.1, 0.15) is 11.7 Å². The summed E-state index contributed by atoms with van der Waals surface area (Å²) in [6, 6.07) is 1.72. The van der Waals surface area contributed by atoms with E-state index in [1.807, 2.05) is 5.32 Å². The molecular weight excluding hydrogens is 303 g/mol. The Balaban J connectivity index is 2.79. The second-order valence-corrected chi connectivity index (χ2v) is 4.15. The second kappa shape index (κ2) is 5.46. The Labute approximate surface area is 104 Å². The van der Waals surface area contributed by atoms with Gasteiger partial charge in [0.1, 0.15) is 6.04 Å². The molecule has 1 heterocycles. The van der Waals surface area contributed by atoms with Crippen molar-refractivity contribution >= 4 is 21.8 Å². The van der Waals surface area contributed by atoms with E-state index in [0.717, 1.165) is 0 Å². The number of nitrogens with one attached hydrogen (secondary N) is 1. The SMILES string of the molecule is NC(=O)C(NCC(F)(F)F)c1ccc(Br)cn1. The van der Waals surface area contributed by atoms with E-state index in [9.17, 15) is 18.0 Å². The minimum atomic E-state index is -4.41. The van der Waals surface area contributed by atoms with Crippen molar-refractivity contribution in [2.24, 2.45) is 5.73 Å². The van der Waals surface area contributed by atoms with Gasteiger partial charge in [0.25, 0.3) is 0 Å². The van der Waals surface area contributed by atoms with Crippen LogP contribution >= 0.6 is 15.9 Å². The lowest BCUT2D eigenvalue weighted by atomic mass is 10.2. The zero-order valence-corrected chi connectivity index (χ0v) is 10.0. The summed E-state index contributed by atoms with van der Waals surface area (Å²) < 4.78 is 36.7. The van der Waals surface area contributed by atoms with Crippen LogP contribution < -0.4 is 11.1 Å². The first-order valence-corrected chi connectivity index (χ1v) is 5.30. The first-order chi connectivity index (χ1) is 7.79. The van der Waals surface area contributed by atoms with Gasteiger partial charge >= 0.3 is 6.18 Å². The summed E-state index contributed by atoms with van der Waals surface area (Å²) >= 11 is 3.12. The van der Waals surface area contributed by atoms with E-state index >= 15 is 0 Å². The number of aromatic nitrogens is 1. The van der Waals surface area contributed by atoms with E-state index in [4.69, 9.17) is 5.73 Å². The molecule has 1 rings (SSSR count). The van der Waals surface area contributed by atoms with Crippen LogP contribution in [0.2, 0.25) is 0 Å². The van der Waals surface area contributed by atoms with Crippen molar-refractivity contribution in [2.45, 2.75) is 12.2 Å².